The number of hydrogen-bond donors (Lipinski definition) is 2. The first kappa shape index (κ1) is 20.7. The monoisotopic (exact) mass is 386 g/mol. The van der Waals surface area contributed by atoms with Crippen LogP contribution in [0.25, 0.3) is 0 Å². The predicted molar refractivity (Wildman–Crippen MR) is 113 cm³/mol. The summed E-state index contributed by atoms with van der Waals surface area (Å²) in [5.74, 6) is 0.969. The summed E-state index contributed by atoms with van der Waals surface area (Å²) in [4.78, 5) is 12.5. The average molecular weight is 387 g/mol. The second kappa shape index (κ2) is 10.5. The molecule has 1 amide bonds. The zero-order valence-electron chi connectivity index (χ0n) is 16.0. The fourth-order valence-corrected chi connectivity index (χ4v) is 2.55. The van der Waals surface area contributed by atoms with Crippen LogP contribution in [0.1, 0.15) is 44.0 Å². The van der Waals surface area contributed by atoms with Gasteiger partial charge >= 0.3 is 0 Å². The highest BCUT2D eigenvalue weighted by Crippen LogP contribution is 2.20. The molecule has 0 fully saturated rings. The smallest absolute Gasteiger partial charge is 0.261 e. The Bertz CT molecular complexity index is 778. The van der Waals surface area contributed by atoms with Gasteiger partial charge in [0, 0.05) is 11.8 Å². The molecular weight excluding hydrogens is 360 g/mol. The molecule has 0 radical (unpaired) electrons. The highest BCUT2D eigenvalue weighted by molar-refractivity contribution is 7.80. The number of carbonyl (C=O) groups is 1. The van der Waals surface area contributed by atoms with Crippen LogP contribution in [-0.4, -0.2) is 23.7 Å². The Labute approximate surface area is 166 Å². The molecule has 0 aliphatic heterocycles. The van der Waals surface area contributed by atoms with Crippen molar-refractivity contribution in [2.75, 3.05) is 11.9 Å². The third-order valence-corrected chi connectivity index (χ3v) is 3.78. The van der Waals surface area contributed by atoms with E-state index in [2.05, 4.69) is 17.6 Å². The number of anilines is 1. The number of hydrogen-bond acceptors (Lipinski definition) is 4. The minimum absolute atomic E-state index is 0.0283. The first-order valence-electron chi connectivity index (χ1n) is 9.10. The van der Waals surface area contributed by atoms with Crippen molar-refractivity contribution in [1.82, 2.24) is 5.32 Å². The van der Waals surface area contributed by atoms with Gasteiger partial charge in [-0.05, 0) is 56.8 Å². The quantitative estimate of drug-likeness (QED) is 0.505. The van der Waals surface area contributed by atoms with Crippen LogP contribution in [0.4, 0.5) is 5.69 Å². The number of nitrogens with one attached hydrogen (secondary N) is 2. The number of para-hydroxylation sites is 1. The molecule has 0 aliphatic carbocycles. The molecule has 144 valence electrons. The molecule has 0 saturated heterocycles. The van der Waals surface area contributed by atoms with E-state index in [1.165, 1.54) is 0 Å². The first-order valence-corrected chi connectivity index (χ1v) is 9.51. The van der Waals surface area contributed by atoms with E-state index in [1.807, 2.05) is 44.2 Å². The number of carbonyl (C=O) groups excluding carboxylic acids is 1. The Balaban J connectivity index is 1.98. The summed E-state index contributed by atoms with van der Waals surface area (Å²) >= 11 is 5.27. The predicted octanol–water partition coefficient (Wildman–Crippen LogP) is 4.78. The number of thiocarbonyl (C=S) groups is 1. The maximum atomic E-state index is 12.5. The molecule has 0 spiro atoms. The molecule has 2 aromatic carbocycles. The third-order valence-electron chi connectivity index (χ3n) is 3.58. The Hall–Kier alpha value is -2.60. The van der Waals surface area contributed by atoms with Crippen molar-refractivity contribution in [3.05, 3.63) is 54.1 Å². The molecule has 2 rings (SSSR count). The third kappa shape index (κ3) is 6.90. The molecule has 0 heterocycles. The number of rotatable bonds is 8. The molecule has 0 bridgehead atoms. The Morgan fingerprint density at radius 3 is 2.67 bits per heavy atom. The molecular formula is C21H26N2O3S. The molecule has 2 aromatic rings. The molecule has 0 aromatic heterocycles. The molecule has 5 nitrogen and oxygen atoms in total. The maximum Gasteiger partial charge on any atom is 0.261 e. The normalized spacial score (nSPS) is 10.4. The van der Waals surface area contributed by atoms with Gasteiger partial charge in [0.05, 0.1) is 18.3 Å². The van der Waals surface area contributed by atoms with Crippen molar-refractivity contribution in [3.63, 3.8) is 0 Å². The zero-order valence-corrected chi connectivity index (χ0v) is 16.8. The molecule has 27 heavy (non-hydrogen) atoms. The van der Waals surface area contributed by atoms with Crippen LogP contribution < -0.4 is 20.1 Å². The molecule has 0 unspecified atom stereocenters. The van der Waals surface area contributed by atoms with E-state index in [4.69, 9.17) is 21.7 Å². The van der Waals surface area contributed by atoms with Crippen LogP contribution in [0.3, 0.4) is 0 Å². The molecule has 6 heteroatoms. The second-order valence-corrected chi connectivity index (χ2v) is 6.71. The van der Waals surface area contributed by atoms with Crippen LogP contribution in [-0.2, 0) is 0 Å². The van der Waals surface area contributed by atoms with E-state index < -0.39 is 0 Å². The van der Waals surface area contributed by atoms with E-state index in [9.17, 15) is 4.79 Å². The Morgan fingerprint density at radius 1 is 1.15 bits per heavy atom. The van der Waals surface area contributed by atoms with Gasteiger partial charge in [-0.25, -0.2) is 0 Å². The highest BCUT2D eigenvalue weighted by Gasteiger charge is 2.14. The molecule has 0 atom stereocenters. The SMILES string of the molecule is CCCCOc1cccc(NC(=S)NC(=O)c2ccccc2OC(C)C)c1. The van der Waals surface area contributed by atoms with Crippen molar-refractivity contribution in [3.8, 4) is 11.5 Å². The van der Waals surface area contributed by atoms with Crippen molar-refractivity contribution >= 4 is 28.9 Å². The van der Waals surface area contributed by atoms with Gasteiger partial charge in [0.15, 0.2) is 5.11 Å². The lowest BCUT2D eigenvalue weighted by molar-refractivity contribution is 0.0972. The fourth-order valence-electron chi connectivity index (χ4n) is 2.34. The van der Waals surface area contributed by atoms with Gasteiger partial charge in [0.2, 0.25) is 0 Å². The summed E-state index contributed by atoms with van der Waals surface area (Å²) in [6.45, 7) is 6.62. The Morgan fingerprint density at radius 2 is 1.93 bits per heavy atom. The van der Waals surface area contributed by atoms with Crippen molar-refractivity contribution in [2.45, 2.75) is 39.7 Å². The summed E-state index contributed by atoms with van der Waals surface area (Å²) in [5.41, 5.74) is 1.19. The number of benzene rings is 2. The number of amides is 1. The highest BCUT2D eigenvalue weighted by atomic mass is 32.1. The standard InChI is InChI=1S/C21H26N2O3S/c1-4-5-13-25-17-10-8-9-16(14-17)22-21(27)23-20(24)18-11-6-7-12-19(18)26-15(2)3/h6-12,14-15H,4-5,13H2,1-3H3,(H2,22,23,24,27). The van der Waals surface area contributed by atoms with E-state index in [1.54, 1.807) is 18.2 Å². The zero-order chi connectivity index (χ0) is 19.6. The first-order chi connectivity index (χ1) is 13.0. The lowest BCUT2D eigenvalue weighted by Crippen LogP contribution is -2.34. The van der Waals surface area contributed by atoms with Gasteiger partial charge in [0.25, 0.3) is 5.91 Å². The molecule has 0 aliphatic rings. The van der Waals surface area contributed by atoms with Gasteiger partial charge in [-0.3, -0.25) is 10.1 Å². The lowest BCUT2D eigenvalue weighted by atomic mass is 10.2. The summed E-state index contributed by atoms with van der Waals surface area (Å²) in [7, 11) is 0. The topological polar surface area (TPSA) is 59.6 Å². The summed E-state index contributed by atoms with van der Waals surface area (Å²) in [6, 6.07) is 14.6. The van der Waals surface area contributed by atoms with Crippen molar-refractivity contribution in [2.24, 2.45) is 0 Å². The van der Waals surface area contributed by atoms with E-state index >= 15 is 0 Å². The molecule has 0 saturated carbocycles. The second-order valence-electron chi connectivity index (χ2n) is 6.30. The van der Waals surface area contributed by atoms with Gasteiger partial charge in [-0.15, -0.1) is 0 Å². The number of unbranched alkanes of at least 4 members (excludes halogenated alkanes) is 1. The van der Waals surface area contributed by atoms with Crippen LogP contribution in [0.15, 0.2) is 48.5 Å². The minimum atomic E-state index is -0.320. The average Bonchev–Trinajstić information content (AvgIpc) is 2.62. The van der Waals surface area contributed by atoms with Crippen molar-refractivity contribution < 1.29 is 14.3 Å². The largest absolute Gasteiger partial charge is 0.494 e. The van der Waals surface area contributed by atoms with Crippen LogP contribution >= 0.6 is 12.2 Å². The lowest BCUT2D eigenvalue weighted by Gasteiger charge is -2.15. The fraction of sp³-hybridized carbons (Fsp3) is 0.333. The van der Waals surface area contributed by atoms with Crippen molar-refractivity contribution in [1.29, 1.82) is 0 Å². The summed E-state index contributed by atoms with van der Waals surface area (Å²) < 4.78 is 11.4. The van der Waals surface area contributed by atoms with Crippen LogP contribution in [0.5, 0.6) is 11.5 Å². The van der Waals surface area contributed by atoms with Gasteiger partial charge in [-0.2, -0.15) is 0 Å². The maximum absolute atomic E-state index is 12.5. The van der Waals surface area contributed by atoms with Crippen LogP contribution in [0, 0.1) is 0 Å². The van der Waals surface area contributed by atoms with Gasteiger partial charge in [-0.1, -0.05) is 31.5 Å². The van der Waals surface area contributed by atoms with E-state index in [-0.39, 0.29) is 17.1 Å². The van der Waals surface area contributed by atoms with Crippen LogP contribution in [0.2, 0.25) is 0 Å². The summed E-state index contributed by atoms with van der Waals surface area (Å²) in [5, 5.41) is 5.92. The number of ether oxygens (including phenoxy) is 2. The molecule has 2 N–H and O–H groups in total. The minimum Gasteiger partial charge on any atom is -0.494 e. The van der Waals surface area contributed by atoms with E-state index in [0.717, 1.165) is 24.3 Å². The van der Waals surface area contributed by atoms with Gasteiger partial charge in [0.1, 0.15) is 11.5 Å². The Kier molecular flexibility index (Phi) is 8.07. The summed E-state index contributed by atoms with van der Waals surface area (Å²) in [6.07, 6.45) is 2.06. The van der Waals surface area contributed by atoms with E-state index in [0.29, 0.717) is 17.9 Å². The van der Waals surface area contributed by atoms with Gasteiger partial charge < -0.3 is 14.8 Å².